The number of nitrogens with zero attached hydrogens (tertiary/aromatic N) is 2. The van der Waals surface area contributed by atoms with Crippen LogP contribution in [0.4, 0.5) is 0 Å². The molecule has 4 heteroatoms. The van der Waals surface area contributed by atoms with Gasteiger partial charge in [-0.2, -0.15) is 0 Å². The van der Waals surface area contributed by atoms with E-state index < -0.39 is 0 Å². The van der Waals surface area contributed by atoms with Crippen LogP contribution >= 0.6 is 0 Å². The number of piperidine rings is 1. The maximum atomic E-state index is 5.10. The van der Waals surface area contributed by atoms with Gasteiger partial charge in [0.2, 0.25) is 5.88 Å². The summed E-state index contributed by atoms with van der Waals surface area (Å²) in [6.07, 6.45) is 4.57. The van der Waals surface area contributed by atoms with Crippen molar-refractivity contribution in [2.75, 3.05) is 26.7 Å². The van der Waals surface area contributed by atoms with Crippen LogP contribution in [0.2, 0.25) is 0 Å². The summed E-state index contributed by atoms with van der Waals surface area (Å²) in [5.41, 5.74) is 1.27. The van der Waals surface area contributed by atoms with Crippen molar-refractivity contribution in [3.05, 3.63) is 23.9 Å². The Morgan fingerprint density at radius 2 is 2.30 bits per heavy atom. The molecule has 2 rings (SSSR count). The van der Waals surface area contributed by atoms with Crippen LogP contribution in [0.5, 0.6) is 5.88 Å². The number of aromatic nitrogens is 1. The van der Waals surface area contributed by atoms with Crippen molar-refractivity contribution < 1.29 is 4.74 Å². The van der Waals surface area contributed by atoms with Crippen LogP contribution in [0.1, 0.15) is 32.3 Å². The fourth-order valence-electron chi connectivity index (χ4n) is 2.75. The zero-order valence-corrected chi connectivity index (χ0v) is 12.9. The predicted molar refractivity (Wildman–Crippen MR) is 81.9 cm³/mol. The van der Waals surface area contributed by atoms with Gasteiger partial charge in [-0.25, -0.2) is 4.98 Å². The number of likely N-dealkylation sites (tertiary alicyclic amines) is 1. The molecule has 1 N–H and O–H groups in total. The fraction of sp³-hybridized carbons (Fsp3) is 0.688. The zero-order valence-electron chi connectivity index (χ0n) is 12.9. The van der Waals surface area contributed by atoms with Crippen molar-refractivity contribution in [2.24, 2.45) is 5.92 Å². The van der Waals surface area contributed by atoms with Gasteiger partial charge in [-0.05, 0) is 37.4 Å². The molecule has 0 aromatic carbocycles. The third kappa shape index (κ3) is 4.76. The molecule has 2 heterocycles. The predicted octanol–water partition coefficient (Wildman–Crippen LogP) is 2.30. The minimum atomic E-state index is 0.580. The Morgan fingerprint density at radius 3 is 2.95 bits per heavy atom. The van der Waals surface area contributed by atoms with E-state index in [9.17, 15) is 0 Å². The van der Waals surface area contributed by atoms with Gasteiger partial charge in [0.15, 0.2) is 0 Å². The van der Waals surface area contributed by atoms with Gasteiger partial charge in [-0.3, -0.25) is 4.90 Å². The van der Waals surface area contributed by atoms with E-state index in [1.54, 1.807) is 7.11 Å². The Hall–Kier alpha value is -1.13. The monoisotopic (exact) mass is 277 g/mol. The zero-order chi connectivity index (χ0) is 14.4. The average Bonchev–Trinajstić information content (AvgIpc) is 2.46. The lowest BCUT2D eigenvalue weighted by Gasteiger charge is -2.33. The average molecular weight is 277 g/mol. The van der Waals surface area contributed by atoms with E-state index >= 15 is 0 Å². The lowest BCUT2D eigenvalue weighted by molar-refractivity contribution is 0.163. The molecule has 1 fully saturated rings. The van der Waals surface area contributed by atoms with Crippen LogP contribution < -0.4 is 10.1 Å². The maximum Gasteiger partial charge on any atom is 0.212 e. The van der Waals surface area contributed by atoms with Crippen molar-refractivity contribution in [1.29, 1.82) is 0 Å². The maximum absolute atomic E-state index is 5.10. The minimum Gasteiger partial charge on any atom is -0.481 e. The summed E-state index contributed by atoms with van der Waals surface area (Å²) in [7, 11) is 1.65. The van der Waals surface area contributed by atoms with Crippen molar-refractivity contribution in [3.8, 4) is 5.88 Å². The fourth-order valence-corrected chi connectivity index (χ4v) is 2.75. The second-order valence-electron chi connectivity index (χ2n) is 6.02. The lowest BCUT2D eigenvalue weighted by Crippen LogP contribution is -2.40. The molecule has 0 radical (unpaired) electrons. The Morgan fingerprint density at radius 1 is 1.45 bits per heavy atom. The Labute approximate surface area is 122 Å². The third-order valence-electron chi connectivity index (χ3n) is 3.83. The van der Waals surface area contributed by atoms with E-state index in [1.165, 1.54) is 31.5 Å². The van der Waals surface area contributed by atoms with Gasteiger partial charge in [0.05, 0.1) is 7.11 Å². The number of pyridine rings is 1. The largest absolute Gasteiger partial charge is 0.481 e. The molecule has 0 bridgehead atoms. The highest BCUT2D eigenvalue weighted by atomic mass is 16.5. The SMILES string of the molecule is COc1ccc(CN2CCCC(CNC(C)C)C2)cn1. The normalized spacial score (nSPS) is 20.3. The number of hydrogen-bond acceptors (Lipinski definition) is 4. The molecule has 1 aliphatic rings. The molecule has 0 amide bonds. The summed E-state index contributed by atoms with van der Waals surface area (Å²) in [5, 5.41) is 3.56. The molecule has 1 unspecified atom stereocenters. The van der Waals surface area contributed by atoms with Gasteiger partial charge >= 0.3 is 0 Å². The van der Waals surface area contributed by atoms with Crippen LogP contribution in [0.25, 0.3) is 0 Å². The Kier molecular flexibility index (Phi) is 5.80. The van der Waals surface area contributed by atoms with E-state index in [-0.39, 0.29) is 0 Å². The second kappa shape index (κ2) is 7.60. The van der Waals surface area contributed by atoms with E-state index in [0.717, 1.165) is 19.0 Å². The van der Waals surface area contributed by atoms with Gasteiger partial charge in [-0.1, -0.05) is 19.9 Å². The van der Waals surface area contributed by atoms with Gasteiger partial charge in [0, 0.05) is 31.4 Å². The first-order chi connectivity index (χ1) is 9.67. The topological polar surface area (TPSA) is 37.4 Å². The smallest absolute Gasteiger partial charge is 0.212 e. The molecular formula is C16H27N3O. The standard InChI is InChI=1S/C16H27N3O/c1-13(2)17-9-14-5-4-8-19(11-14)12-15-6-7-16(20-3)18-10-15/h6-7,10,13-14,17H,4-5,8-9,11-12H2,1-3H3. The molecule has 1 saturated heterocycles. The molecule has 0 aliphatic carbocycles. The first-order valence-electron chi connectivity index (χ1n) is 7.62. The second-order valence-corrected chi connectivity index (χ2v) is 6.02. The molecule has 1 aliphatic heterocycles. The van der Waals surface area contributed by atoms with Gasteiger partial charge in [0.25, 0.3) is 0 Å². The lowest BCUT2D eigenvalue weighted by atomic mass is 9.97. The minimum absolute atomic E-state index is 0.580. The van der Waals surface area contributed by atoms with Gasteiger partial charge in [-0.15, -0.1) is 0 Å². The molecule has 1 atom stereocenters. The molecular weight excluding hydrogens is 250 g/mol. The Balaban J connectivity index is 1.82. The first-order valence-corrected chi connectivity index (χ1v) is 7.62. The quantitative estimate of drug-likeness (QED) is 0.866. The summed E-state index contributed by atoms with van der Waals surface area (Å²) in [6.45, 7) is 8.94. The van der Waals surface area contributed by atoms with Crippen molar-refractivity contribution in [3.63, 3.8) is 0 Å². The summed E-state index contributed by atoms with van der Waals surface area (Å²) in [4.78, 5) is 6.82. The number of ether oxygens (including phenoxy) is 1. The number of hydrogen-bond donors (Lipinski definition) is 1. The van der Waals surface area contributed by atoms with E-state index in [0.29, 0.717) is 11.9 Å². The third-order valence-corrected chi connectivity index (χ3v) is 3.83. The summed E-state index contributed by atoms with van der Waals surface area (Å²) in [5.74, 6) is 1.46. The van der Waals surface area contributed by atoms with E-state index in [1.807, 2.05) is 12.3 Å². The van der Waals surface area contributed by atoms with E-state index in [2.05, 4.69) is 35.1 Å². The van der Waals surface area contributed by atoms with Crippen molar-refractivity contribution in [2.45, 2.75) is 39.3 Å². The molecule has 1 aromatic heterocycles. The molecule has 4 nitrogen and oxygen atoms in total. The molecule has 20 heavy (non-hydrogen) atoms. The van der Waals surface area contributed by atoms with E-state index in [4.69, 9.17) is 4.74 Å². The van der Waals surface area contributed by atoms with Crippen molar-refractivity contribution in [1.82, 2.24) is 15.2 Å². The summed E-state index contributed by atoms with van der Waals surface area (Å²) >= 11 is 0. The van der Waals surface area contributed by atoms with Crippen LogP contribution in [-0.2, 0) is 6.54 Å². The van der Waals surface area contributed by atoms with Crippen LogP contribution in [0.15, 0.2) is 18.3 Å². The van der Waals surface area contributed by atoms with Crippen LogP contribution in [-0.4, -0.2) is 42.7 Å². The highest BCUT2D eigenvalue weighted by Crippen LogP contribution is 2.18. The van der Waals surface area contributed by atoms with Gasteiger partial charge in [0.1, 0.15) is 0 Å². The molecule has 112 valence electrons. The van der Waals surface area contributed by atoms with Crippen molar-refractivity contribution >= 4 is 0 Å². The molecule has 0 spiro atoms. The number of methoxy groups -OCH3 is 1. The Bertz CT molecular complexity index is 391. The first kappa shape index (κ1) is 15.3. The van der Waals surface area contributed by atoms with Crippen LogP contribution in [0.3, 0.4) is 0 Å². The number of rotatable bonds is 6. The number of nitrogens with one attached hydrogen (secondary N) is 1. The molecule has 1 aromatic rings. The van der Waals surface area contributed by atoms with Crippen LogP contribution in [0, 0.1) is 5.92 Å². The summed E-state index contributed by atoms with van der Waals surface area (Å²) < 4.78 is 5.10. The van der Waals surface area contributed by atoms with Gasteiger partial charge < -0.3 is 10.1 Å². The molecule has 0 saturated carbocycles. The highest BCUT2D eigenvalue weighted by molar-refractivity contribution is 5.17. The summed E-state index contributed by atoms with van der Waals surface area (Å²) in [6, 6.07) is 4.63. The highest BCUT2D eigenvalue weighted by Gasteiger charge is 2.19.